The van der Waals surface area contributed by atoms with Gasteiger partial charge < -0.3 is 9.52 Å². The summed E-state index contributed by atoms with van der Waals surface area (Å²) in [5, 5.41) is 11.4. The van der Waals surface area contributed by atoms with Crippen molar-refractivity contribution in [3.63, 3.8) is 0 Å². The Morgan fingerprint density at radius 2 is 2.00 bits per heavy atom. The van der Waals surface area contributed by atoms with Crippen molar-refractivity contribution in [2.45, 2.75) is 25.9 Å². The molecule has 0 bridgehead atoms. The molecule has 0 saturated heterocycles. The second-order valence-electron chi connectivity index (χ2n) is 4.86. The predicted molar refractivity (Wildman–Crippen MR) is 78.5 cm³/mol. The molecule has 1 aromatic carbocycles. The molecule has 0 aliphatic rings. The lowest BCUT2D eigenvalue weighted by Crippen LogP contribution is -2.01. The summed E-state index contributed by atoms with van der Waals surface area (Å²) in [5.74, 6) is 1.53. The molecule has 1 atom stereocenters. The van der Waals surface area contributed by atoms with Gasteiger partial charge in [0.2, 0.25) is 0 Å². The van der Waals surface area contributed by atoms with Crippen molar-refractivity contribution in [3.05, 3.63) is 65.7 Å². The minimum absolute atomic E-state index is 0.527. The third kappa shape index (κ3) is 2.45. The van der Waals surface area contributed by atoms with Crippen LogP contribution >= 0.6 is 0 Å². The van der Waals surface area contributed by atoms with E-state index in [2.05, 4.69) is 4.98 Å². The molecular formula is C17H17NO2. The van der Waals surface area contributed by atoms with E-state index in [0.29, 0.717) is 12.2 Å². The van der Waals surface area contributed by atoms with E-state index >= 15 is 0 Å². The number of nitrogens with zero attached hydrogens (tertiary/aromatic N) is 1. The van der Waals surface area contributed by atoms with Gasteiger partial charge in [0, 0.05) is 24.4 Å². The maximum atomic E-state index is 10.3. The fourth-order valence-electron chi connectivity index (χ4n) is 2.41. The Morgan fingerprint density at radius 3 is 2.80 bits per heavy atom. The number of aliphatic hydroxyl groups excluding tert-OH is 1. The van der Waals surface area contributed by atoms with Crippen LogP contribution in [-0.2, 0) is 12.8 Å². The van der Waals surface area contributed by atoms with Crippen LogP contribution in [0.5, 0.6) is 0 Å². The number of aryl methyl sites for hydroxylation is 1. The van der Waals surface area contributed by atoms with Crippen molar-refractivity contribution in [3.8, 4) is 0 Å². The second kappa shape index (κ2) is 5.47. The number of aliphatic hydroxyl groups is 1. The Balaban J connectivity index is 1.89. The van der Waals surface area contributed by atoms with Crippen molar-refractivity contribution >= 4 is 10.9 Å². The van der Waals surface area contributed by atoms with E-state index in [4.69, 9.17) is 4.42 Å². The summed E-state index contributed by atoms with van der Waals surface area (Å²) in [6, 6.07) is 13.7. The normalized spacial score (nSPS) is 12.7. The quantitative estimate of drug-likeness (QED) is 0.784. The summed E-state index contributed by atoms with van der Waals surface area (Å²) in [4.78, 5) is 4.33. The molecular weight excluding hydrogens is 250 g/mol. The molecule has 0 saturated carbocycles. The van der Waals surface area contributed by atoms with Gasteiger partial charge >= 0.3 is 0 Å². The minimum Gasteiger partial charge on any atom is -0.463 e. The average molecular weight is 267 g/mol. The zero-order valence-corrected chi connectivity index (χ0v) is 11.4. The number of aromatic nitrogens is 1. The zero-order chi connectivity index (χ0) is 13.9. The Bertz CT molecular complexity index is 712. The van der Waals surface area contributed by atoms with Crippen LogP contribution in [0.1, 0.15) is 30.1 Å². The van der Waals surface area contributed by atoms with Crippen LogP contribution in [0.3, 0.4) is 0 Å². The highest BCUT2D eigenvalue weighted by Gasteiger charge is 2.14. The topological polar surface area (TPSA) is 46.3 Å². The van der Waals surface area contributed by atoms with Crippen molar-refractivity contribution < 1.29 is 9.52 Å². The highest BCUT2D eigenvalue weighted by Crippen LogP contribution is 2.24. The number of furan rings is 1. The van der Waals surface area contributed by atoms with Gasteiger partial charge in [-0.2, -0.15) is 0 Å². The third-order valence-electron chi connectivity index (χ3n) is 3.51. The van der Waals surface area contributed by atoms with Gasteiger partial charge in [-0.25, -0.2) is 0 Å². The molecule has 3 rings (SSSR count). The molecule has 0 aliphatic heterocycles. The van der Waals surface area contributed by atoms with Gasteiger partial charge in [-0.1, -0.05) is 25.1 Å². The van der Waals surface area contributed by atoms with Gasteiger partial charge in [0.05, 0.1) is 5.52 Å². The van der Waals surface area contributed by atoms with Crippen LogP contribution in [0.4, 0.5) is 0 Å². The van der Waals surface area contributed by atoms with Crippen molar-refractivity contribution in [2.75, 3.05) is 0 Å². The van der Waals surface area contributed by atoms with E-state index < -0.39 is 6.10 Å². The zero-order valence-electron chi connectivity index (χ0n) is 11.4. The van der Waals surface area contributed by atoms with E-state index in [1.807, 2.05) is 49.4 Å². The van der Waals surface area contributed by atoms with Gasteiger partial charge in [0.1, 0.15) is 17.6 Å². The first-order valence-electron chi connectivity index (χ1n) is 6.87. The van der Waals surface area contributed by atoms with Gasteiger partial charge in [-0.15, -0.1) is 0 Å². The molecule has 0 amide bonds. The van der Waals surface area contributed by atoms with Crippen LogP contribution < -0.4 is 0 Å². The summed E-state index contributed by atoms with van der Waals surface area (Å²) < 4.78 is 5.61. The molecule has 102 valence electrons. The number of hydrogen-bond acceptors (Lipinski definition) is 3. The molecule has 0 spiro atoms. The fourth-order valence-corrected chi connectivity index (χ4v) is 2.41. The first-order chi connectivity index (χ1) is 9.78. The smallest absolute Gasteiger partial charge is 0.133 e. The Kier molecular flexibility index (Phi) is 3.52. The number of para-hydroxylation sites is 1. The van der Waals surface area contributed by atoms with Crippen molar-refractivity contribution in [2.24, 2.45) is 0 Å². The van der Waals surface area contributed by atoms with Gasteiger partial charge in [-0.3, -0.25) is 4.98 Å². The van der Waals surface area contributed by atoms with E-state index in [1.54, 1.807) is 6.20 Å². The van der Waals surface area contributed by atoms with Crippen LogP contribution in [0, 0.1) is 0 Å². The highest BCUT2D eigenvalue weighted by molar-refractivity contribution is 5.81. The number of hydrogen-bond donors (Lipinski definition) is 1. The highest BCUT2D eigenvalue weighted by atomic mass is 16.4. The van der Waals surface area contributed by atoms with Gasteiger partial charge in [0.25, 0.3) is 0 Å². The molecule has 0 fully saturated rings. The lowest BCUT2D eigenvalue weighted by Gasteiger charge is -2.10. The van der Waals surface area contributed by atoms with E-state index in [0.717, 1.165) is 28.6 Å². The maximum Gasteiger partial charge on any atom is 0.133 e. The first-order valence-corrected chi connectivity index (χ1v) is 6.87. The van der Waals surface area contributed by atoms with E-state index in [-0.39, 0.29) is 0 Å². The summed E-state index contributed by atoms with van der Waals surface area (Å²) in [6.45, 7) is 2.03. The molecule has 0 radical (unpaired) electrons. The molecule has 3 heteroatoms. The Labute approximate surface area is 117 Å². The lowest BCUT2D eigenvalue weighted by atomic mass is 10.0. The summed E-state index contributed by atoms with van der Waals surface area (Å²) in [7, 11) is 0. The van der Waals surface area contributed by atoms with Gasteiger partial charge in [0.15, 0.2) is 0 Å². The van der Waals surface area contributed by atoms with E-state index in [9.17, 15) is 5.11 Å². The molecule has 0 aliphatic carbocycles. The second-order valence-corrected chi connectivity index (χ2v) is 4.86. The Morgan fingerprint density at radius 1 is 1.15 bits per heavy atom. The molecule has 1 N–H and O–H groups in total. The summed E-state index contributed by atoms with van der Waals surface area (Å²) >= 11 is 0. The standard InChI is InChI=1S/C17H17NO2/c1-2-13-7-8-17(20-13)16(19)11-12-9-10-18-15-6-4-3-5-14(12)15/h3-10,16,19H,2,11H2,1H3. The summed E-state index contributed by atoms with van der Waals surface area (Å²) in [6.07, 6.45) is 2.52. The molecule has 1 unspecified atom stereocenters. The molecule has 2 aromatic heterocycles. The van der Waals surface area contributed by atoms with Crippen LogP contribution in [0.15, 0.2) is 53.1 Å². The van der Waals surface area contributed by atoms with Crippen molar-refractivity contribution in [1.82, 2.24) is 4.98 Å². The number of fused-ring (bicyclic) bond motifs is 1. The van der Waals surface area contributed by atoms with Crippen LogP contribution in [0.25, 0.3) is 10.9 Å². The largest absolute Gasteiger partial charge is 0.463 e. The molecule has 2 heterocycles. The molecule has 3 aromatic rings. The van der Waals surface area contributed by atoms with Gasteiger partial charge in [-0.05, 0) is 29.8 Å². The minimum atomic E-state index is -0.624. The van der Waals surface area contributed by atoms with Crippen LogP contribution in [0.2, 0.25) is 0 Å². The first kappa shape index (κ1) is 12.9. The lowest BCUT2D eigenvalue weighted by molar-refractivity contribution is 0.148. The monoisotopic (exact) mass is 267 g/mol. The maximum absolute atomic E-state index is 10.3. The average Bonchev–Trinajstić information content (AvgIpc) is 2.97. The third-order valence-corrected chi connectivity index (χ3v) is 3.51. The molecule has 3 nitrogen and oxygen atoms in total. The van der Waals surface area contributed by atoms with Crippen molar-refractivity contribution in [1.29, 1.82) is 0 Å². The number of pyridine rings is 1. The molecule has 20 heavy (non-hydrogen) atoms. The fraction of sp³-hybridized carbons (Fsp3) is 0.235. The Hall–Kier alpha value is -2.13. The van der Waals surface area contributed by atoms with E-state index in [1.165, 1.54) is 0 Å². The van der Waals surface area contributed by atoms with Crippen LogP contribution in [-0.4, -0.2) is 10.1 Å². The number of benzene rings is 1. The number of rotatable bonds is 4. The predicted octanol–water partition coefficient (Wildman–Crippen LogP) is 3.67. The summed E-state index contributed by atoms with van der Waals surface area (Å²) in [5.41, 5.74) is 2.03. The SMILES string of the molecule is CCc1ccc(C(O)Cc2ccnc3ccccc23)o1.